The van der Waals surface area contributed by atoms with Gasteiger partial charge in [-0.1, -0.05) is 177 Å². The molecular weight excluding hydrogens is 966 g/mol. The van der Waals surface area contributed by atoms with E-state index in [1.807, 2.05) is 0 Å². The molecule has 0 spiro atoms. The van der Waals surface area contributed by atoms with Gasteiger partial charge in [-0.15, -0.1) is 0 Å². The van der Waals surface area contributed by atoms with Gasteiger partial charge in [0.05, 0.1) is 27.8 Å². The molecule has 2 aliphatic rings. The van der Waals surface area contributed by atoms with Crippen molar-refractivity contribution in [1.82, 2.24) is 13.7 Å². The minimum atomic E-state index is -0.205. The molecule has 3 nitrogen and oxygen atoms in total. The fourth-order valence-corrected chi connectivity index (χ4v) is 15.3. The van der Waals surface area contributed by atoms with E-state index >= 15 is 0 Å². The SMILES string of the molecule is Cc1ccc2c(c1)c1cc(C)cc3c1n2-c1cc2c4ccc(-n5c6ccc(C(C)(C)c7ccccc7)cc6c6cc(C(C)(C)c7ccccc7)ccc65)cc4c4ccccc4c2c2c1B3c1cc(C)cc3c4cc(C)ccc4n-2c13. The molecule has 0 atom stereocenters. The van der Waals surface area contributed by atoms with Crippen LogP contribution < -0.4 is 16.4 Å². The Morgan fingerprint density at radius 1 is 0.312 bits per heavy atom. The van der Waals surface area contributed by atoms with Crippen molar-refractivity contribution >= 4 is 121 Å². The highest BCUT2D eigenvalue weighted by Crippen LogP contribution is 2.48. The minimum Gasteiger partial charge on any atom is -0.310 e. The second kappa shape index (κ2) is 15.8. The molecule has 0 saturated heterocycles. The summed E-state index contributed by atoms with van der Waals surface area (Å²) in [5, 5.41) is 15.5. The van der Waals surface area contributed by atoms with Gasteiger partial charge in [0.25, 0.3) is 6.71 Å². The average Bonchev–Trinajstić information content (AvgIpc) is 4.10. The number of fused-ring (bicyclic) bond motifs is 20. The van der Waals surface area contributed by atoms with Gasteiger partial charge in [0.1, 0.15) is 0 Å². The summed E-state index contributed by atoms with van der Waals surface area (Å²) in [6.45, 7) is 18.5. The van der Waals surface area contributed by atoms with Crippen LogP contribution >= 0.6 is 0 Å². The Morgan fingerprint density at radius 3 is 1.35 bits per heavy atom. The number of benzene rings is 12. The maximum absolute atomic E-state index is 2.69. The molecule has 0 N–H and O–H groups in total. The van der Waals surface area contributed by atoms with Gasteiger partial charge in [-0.2, -0.15) is 0 Å². The molecule has 0 unspecified atom stereocenters. The monoisotopic (exact) mass is 1020 g/mol. The van der Waals surface area contributed by atoms with Gasteiger partial charge in [0, 0.05) is 70.9 Å². The third kappa shape index (κ3) is 5.95. The summed E-state index contributed by atoms with van der Waals surface area (Å²) < 4.78 is 7.88. The number of hydrogen-bond donors (Lipinski definition) is 0. The lowest BCUT2D eigenvalue weighted by atomic mass is 9.34. The summed E-state index contributed by atoms with van der Waals surface area (Å²) in [6, 6.07) is 79.8. The van der Waals surface area contributed by atoms with Crippen molar-refractivity contribution in [3.8, 4) is 17.1 Å². The van der Waals surface area contributed by atoms with E-state index in [9.17, 15) is 0 Å². The maximum atomic E-state index is 2.69. The summed E-state index contributed by atoms with van der Waals surface area (Å²) in [4.78, 5) is 0. The summed E-state index contributed by atoms with van der Waals surface area (Å²) in [7, 11) is 0. The van der Waals surface area contributed by atoms with Crippen LogP contribution in [0.4, 0.5) is 0 Å². The zero-order valence-corrected chi connectivity index (χ0v) is 46.5. The lowest BCUT2D eigenvalue weighted by molar-refractivity contribution is 0.641. The molecule has 15 aromatic rings. The van der Waals surface area contributed by atoms with Gasteiger partial charge in [0.2, 0.25) is 0 Å². The molecule has 80 heavy (non-hydrogen) atoms. The first kappa shape index (κ1) is 45.9. The first-order valence-corrected chi connectivity index (χ1v) is 28.6. The Balaban J connectivity index is 0.993. The van der Waals surface area contributed by atoms with E-state index in [1.54, 1.807) is 0 Å². The highest BCUT2D eigenvalue weighted by atomic mass is 15.0. The first-order valence-electron chi connectivity index (χ1n) is 28.6. The standard InChI is InChI=1S/C76H58BN3/c1-43-23-29-67-56(33-43)61-35-45(3)37-63-72(61)79(67)69-42-60-53-28-27-51(41-55(53)52-21-15-16-22-54(52)70(60)74-71(69)77(63)64-38-46(4)36-62-57-34-44(2)24-30-68(57)80(74)73(62)64)78-65-31-25-49(75(5,6)47-17-11-9-12-18-47)39-58(65)59-40-50(26-32-66(59)78)76(7,8)48-19-13-10-14-20-48/h9-42H,1-8H3. The van der Waals surface area contributed by atoms with Crippen LogP contribution in [0.15, 0.2) is 206 Å². The molecule has 0 fully saturated rings. The lowest BCUT2D eigenvalue weighted by Crippen LogP contribution is -2.59. The van der Waals surface area contributed by atoms with E-state index in [0.717, 1.165) is 5.69 Å². The molecule has 4 heteroatoms. The highest BCUT2D eigenvalue weighted by molar-refractivity contribution is 7.00. The summed E-state index contributed by atoms with van der Waals surface area (Å²) in [5.41, 5.74) is 25.5. The summed E-state index contributed by atoms with van der Waals surface area (Å²) >= 11 is 0. The van der Waals surface area contributed by atoms with E-state index < -0.39 is 0 Å². The zero-order chi connectivity index (χ0) is 53.8. The van der Waals surface area contributed by atoms with Crippen LogP contribution in [0.3, 0.4) is 0 Å². The van der Waals surface area contributed by atoms with Crippen molar-refractivity contribution in [2.24, 2.45) is 0 Å². The van der Waals surface area contributed by atoms with Crippen molar-refractivity contribution in [2.45, 2.75) is 66.2 Å². The predicted molar refractivity (Wildman–Crippen MR) is 343 cm³/mol. The Bertz CT molecular complexity index is 5170. The molecule has 0 amide bonds. The van der Waals surface area contributed by atoms with Crippen LogP contribution in [-0.4, -0.2) is 20.4 Å². The Labute approximate surface area is 466 Å². The lowest BCUT2D eigenvalue weighted by Gasteiger charge is -2.35. The first-order chi connectivity index (χ1) is 38.8. The summed E-state index contributed by atoms with van der Waals surface area (Å²) in [5.74, 6) is 0. The second-order valence-electron chi connectivity index (χ2n) is 24.8. The third-order valence-electron chi connectivity index (χ3n) is 19.3. The van der Waals surface area contributed by atoms with Crippen LogP contribution in [0.25, 0.3) is 115 Å². The fourth-order valence-electron chi connectivity index (χ4n) is 15.3. The van der Waals surface area contributed by atoms with E-state index in [2.05, 4.69) is 275 Å². The zero-order valence-electron chi connectivity index (χ0n) is 46.5. The number of rotatable bonds is 5. The number of aryl methyl sites for hydroxylation is 4. The predicted octanol–water partition coefficient (Wildman–Crippen LogP) is 17.5. The van der Waals surface area contributed by atoms with Crippen molar-refractivity contribution in [2.75, 3.05) is 0 Å². The van der Waals surface area contributed by atoms with Crippen LogP contribution in [-0.2, 0) is 10.8 Å². The molecule has 0 bridgehead atoms. The van der Waals surface area contributed by atoms with E-state index in [4.69, 9.17) is 0 Å². The quantitative estimate of drug-likeness (QED) is 0.121. The fraction of sp³-hybridized carbons (Fsp3) is 0.132. The molecule has 0 aliphatic carbocycles. The van der Waals surface area contributed by atoms with Crippen LogP contribution in [0, 0.1) is 27.7 Å². The molecule has 0 saturated carbocycles. The van der Waals surface area contributed by atoms with Gasteiger partial charge in [0.15, 0.2) is 0 Å². The molecule has 380 valence electrons. The maximum Gasteiger partial charge on any atom is 0.252 e. The summed E-state index contributed by atoms with van der Waals surface area (Å²) in [6.07, 6.45) is 0. The smallest absolute Gasteiger partial charge is 0.252 e. The van der Waals surface area contributed by atoms with Gasteiger partial charge in [-0.05, 0) is 172 Å². The molecule has 3 aromatic heterocycles. The van der Waals surface area contributed by atoms with Crippen molar-refractivity contribution in [3.63, 3.8) is 0 Å². The second-order valence-corrected chi connectivity index (χ2v) is 24.8. The Hall–Kier alpha value is -9.12. The largest absolute Gasteiger partial charge is 0.310 e. The molecule has 0 radical (unpaired) electrons. The van der Waals surface area contributed by atoms with Gasteiger partial charge < -0.3 is 13.7 Å². The third-order valence-corrected chi connectivity index (χ3v) is 19.3. The molecule has 2 aliphatic heterocycles. The Kier molecular flexibility index (Phi) is 9.06. The van der Waals surface area contributed by atoms with Gasteiger partial charge >= 0.3 is 0 Å². The van der Waals surface area contributed by atoms with Crippen LogP contribution in [0.5, 0.6) is 0 Å². The van der Waals surface area contributed by atoms with Gasteiger partial charge in [-0.3, -0.25) is 0 Å². The molecule has 17 rings (SSSR count). The van der Waals surface area contributed by atoms with Crippen molar-refractivity contribution < 1.29 is 0 Å². The van der Waals surface area contributed by atoms with Crippen molar-refractivity contribution in [1.29, 1.82) is 0 Å². The van der Waals surface area contributed by atoms with E-state index in [-0.39, 0.29) is 17.5 Å². The number of nitrogens with zero attached hydrogens (tertiary/aromatic N) is 3. The topological polar surface area (TPSA) is 14.8 Å². The van der Waals surface area contributed by atoms with Gasteiger partial charge in [-0.25, -0.2) is 0 Å². The van der Waals surface area contributed by atoms with E-state index in [0.29, 0.717) is 0 Å². The van der Waals surface area contributed by atoms with Crippen LogP contribution in [0.2, 0.25) is 0 Å². The molecular formula is C76H58BN3. The van der Waals surface area contributed by atoms with Crippen molar-refractivity contribution in [3.05, 3.63) is 251 Å². The minimum absolute atomic E-state index is 0.0368. The van der Waals surface area contributed by atoms with Crippen LogP contribution in [0.1, 0.15) is 72.2 Å². The molecule has 5 heterocycles. The normalized spacial score (nSPS) is 13.2. The Morgan fingerprint density at radius 2 is 0.775 bits per heavy atom. The highest BCUT2D eigenvalue weighted by Gasteiger charge is 2.43. The number of hydrogen-bond acceptors (Lipinski definition) is 0. The molecule has 12 aromatic carbocycles. The van der Waals surface area contributed by atoms with E-state index in [1.165, 1.54) is 170 Å². The number of aromatic nitrogens is 3. The average molecular weight is 1020 g/mol.